The lowest BCUT2D eigenvalue weighted by atomic mass is 10.1. The van der Waals surface area contributed by atoms with Crippen LogP contribution in [0, 0.1) is 5.92 Å². The molecule has 0 bridgehead atoms. The molecule has 0 amide bonds. The Morgan fingerprint density at radius 2 is 1.90 bits per heavy atom. The molecule has 0 aliphatic carbocycles. The second-order valence-corrected chi connectivity index (χ2v) is 7.90. The molecule has 0 saturated carbocycles. The Labute approximate surface area is 152 Å². The highest BCUT2D eigenvalue weighted by Crippen LogP contribution is 2.19. The number of thioether (sulfide) groups is 1. The van der Waals surface area contributed by atoms with E-state index >= 15 is 0 Å². The molecular formula is C15H33IN4S. The van der Waals surface area contributed by atoms with Gasteiger partial charge in [-0.1, -0.05) is 6.92 Å². The number of hydrogen-bond donors (Lipinski definition) is 2. The molecule has 1 aliphatic heterocycles. The number of guanidine groups is 1. The summed E-state index contributed by atoms with van der Waals surface area (Å²) in [6.45, 7) is 12.5. The van der Waals surface area contributed by atoms with Gasteiger partial charge in [-0.15, -0.1) is 24.0 Å². The molecule has 6 heteroatoms. The first-order valence-corrected chi connectivity index (χ1v) is 8.91. The van der Waals surface area contributed by atoms with Crippen LogP contribution in [0.1, 0.15) is 33.6 Å². The Morgan fingerprint density at radius 3 is 2.43 bits per heavy atom. The second kappa shape index (κ2) is 10.9. The number of nitrogens with one attached hydrogen (secondary N) is 2. The van der Waals surface area contributed by atoms with Gasteiger partial charge in [-0.3, -0.25) is 4.99 Å². The molecule has 0 aromatic heterocycles. The maximum Gasteiger partial charge on any atom is 0.191 e. The molecule has 1 heterocycles. The van der Waals surface area contributed by atoms with Gasteiger partial charge in [0.15, 0.2) is 5.96 Å². The zero-order valence-electron chi connectivity index (χ0n) is 14.2. The number of likely N-dealkylation sites (tertiary alicyclic amines) is 1. The number of hydrogen-bond acceptors (Lipinski definition) is 3. The molecule has 1 rings (SSSR count). The number of nitrogens with zero attached hydrogens (tertiary/aromatic N) is 2. The standard InChI is InChI=1S/C15H32N4S.HI/c1-13(11-19-8-6-7-9-19)10-17-14(16-4)18-12-15(2,3)20-5;/h13H,6-12H2,1-5H3,(H2,16,17,18);1H. The maximum absolute atomic E-state index is 4.30. The Bertz CT molecular complexity index is 304. The predicted molar refractivity (Wildman–Crippen MR) is 107 cm³/mol. The van der Waals surface area contributed by atoms with Crippen molar-refractivity contribution in [2.24, 2.45) is 10.9 Å². The summed E-state index contributed by atoms with van der Waals surface area (Å²) >= 11 is 1.87. The first kappa shape index (κ1) is 21.3. The molecule has 1 saturated heterocycles. The quantitative estimate of drug-likeness (QED) is 0.372. The van der Waals surface area contributed by atoms with Gasteiger partial charge >= 0.3 is 0 Å². The summed E-state index contributed by atoms with van der Waals surface area (Å²) in [6, 6.07) is 0. The topological polar surface area (TPSA) is 39.7 Å². The van der Waals surface area contributed by atoms with Crippen LogP contribution in [0.5, 0.6) is 0 Å². The van der Waals surface area contributed by atoms with Crippen molar-refractivity contribution < 1.29 is 0 Å². The third kappa shape index (κ3) is 9.13. The van der Waals surface area contributed by atoms with Crippen LogP contribution in [0.15, 0.2) is 4.99 Å². The van der Waals surface area contributed by atoms with Gasteiger partial charge in [0.25, 0.3) is 0 Å². The lowest BCUT2D eigenvalue weighted by Gasteiger charge is -2.25. The Morgan fingerprint density at radius 1 is 1.29 bits per heavy atom. The van der Waals surface area contributed by atoms with E-state index in [1.807, 2.05) is 18.8 Å². The molecule has 1 fully saturated rings. The first-order valence-electron chi connectivity index (χ1n) is 7.69. The minimum Gasteiger partial charge on any atom is -0.356 e. The molecule has 0 aromatic rings. The van der Waals surface area contributed by atoms with Gasteiger partial charge in [0, 0.05) is 31.4 Å². The third-order valence-corrected chi connectivity index (χ3v) is 5.09. The van der Waals surface area contributed by atoms with E-state index in [1.54, 1.807) is 0 Å². The highest BCUT2D eigenvalue weighted by atomic mass is 127. The molecule has 1 unspecified atom stereocenters. The van der Waals surface area contributed by atoms with Crippen LogP contribution >= 0.6 is 35.7 Å². The largest absolute Gasteiger partial charge is 0.356 e. The van der Waals surface area contributed by atoms with Crippen LogP contribution in [-0.2, 0) is 0 Å². The average molecular weight is 428 g/mol. The molecule has 21 heavy (non-hydrogen) atoms. The molecule has 126 valence electrons. The van der Waals surface area contributed by atoms with E-state index in [0.717, 1.165) is 19.0 Å². The fourth-order valence-corrected chi connectivity index (χ4v) is 2.55. The van der Waals surface area contributed by atoms with Crippen LogP contribution in [-0.4, -0.2) is 61.6 Å². The molecule has 2 N–H and O–H groups in total. The van der Waals surface area contributed by atoms with Crippen molar-refractivity contribution in [1.82, 2.24) is 15.5 Å². The van der Waals surface area contributed by atoms with Gasteiger partial charge in [0.1, 0.15) is 0 Å². The summed E-state index contributed by atoms with van der Waals surface area (Å²) in [5.41, 5.74) is 0. The summed E-state index contributed by atoms with van der Waals surface area (Å²) in [5.74, 6) is 1.57. The fourth-order valence-electron chi connectivity index (χ4n) is 2.33. The SMILES string of the molecule is CN=C(NCC(C)CN1CCCC1)NCC(C)(C)SC.I. The zero-order valence-corrected chi connectivity index (χ0v) is 17.4. The Balaban J connectivity index is 0.00000400. The lowest BCUT2D eigenvalue weighted by Crippen LogP contribution is -2.45. The highest BCUT2D eigenvalue weighted by Gasteiger charge is 2.17. The number of rotatable bonds is 7. The highest BCUT2D eigenvalue weighted by molar-refractivity contribution is 14.0. The van der Waals surface area contributed by atoms with E-state index < -0.39 is 0 Å². The molecule has 1 aliphatic rings. The number of aliphatic imine (C=N–C) groups is 1. The Kier molecular flexibility index (Phi) is 11.1. The van der Waals surface area contributed by atoms with Crippen LogP contribution in [0.25, 0.3) is 0 Å². The van der Waals surface area contributed by atoms with E-state index in [9.17, 15) is 0 Å². The van der Waals surface area contributed by atoms with Crippen LogP contribution < -0.4 is 10.6 Å². The number of halogens is 1. The monoisotopic (exact) mass is 428 g/mol. The summed E-state index contributed by atoms with van der Waals surface area (Å²) in [6.07, 6.45) is 4.89. The molecule has 1 atom stereocenters. The van der Waals surface area contributed by atoms with E-state index in [4.69, 9.17) is 0 Å². The Hall–Kier alpha value is 0.310. The van der Waals surface area contributed by atoms with E-state index in [-0.39, 0.29) is 28.7 Å². The molecule has 0 aromatic carbocycles. The van der Waals surface area contributed by atoms with Gasteiger partial charge in [-0.25, -0.2) is 0 Å². The minimum absolute atomic E-state index is 0. The van der Waals surface area contributed by atoms with Gasteiger partial charge in [0.2, 0.25) is 0 Å². The van der Waals surface area contributed by atoms with Crippen molar-refractivity contribution in [2.45, 2.75) is 38.4 Å². The smallest absolute Gasteiger partial charge is 0.191 e. The average Bonchev–Trinajstić information content (AvgIpc) is 2.91. The first-order chi connectivity index (χ1) is 9.46. The summed E-state index contributed by atoms with van der Waals surface area (Å²) in [7, 11) is 1.84. The van der Waals surface area contributed by atoms with E-state index in [1.165, 1.54) is 32.5 Å². The molecule has 0 radical (unpaired) electrons. The van der Waals surface area contributed by atoms with Crippen molar-refractivity contribution in [3.63, 3.8) is 0 Å². The van der Waals surface area contributed by atoms with Gasteiger partial charge in [0.05, 0.1) is 0 Å². The van der Waals surface area contributed by atoms with Crippen molar-refractivity contribution in [3.8, 4) is 0 Å². The lowest BCUT2D eigenvalue weighted by molar-refractivity contribution is 0.287. The normalized spacial score (nSPS) is 18.2. The molecular weight excluding hydrogens is 395 g/mol. The predicted octanol–water partition coefficient (Wildman–Crippen LogP) is 2.64. The van der Waals surface area contributed by atoms with Crippen LogP contribution in [0.2, 0.25) is 0 Å². The second-order valence-electron chi connectivity index (χ2n) is 6.38. The van der Waals surface area contributed by atoms with Gasteiger partial charge in [-0.05, 0) is 52.0 Å². The fraction of sp³-hybridized carbons (Fsp3) is 0.933. The van der Waals surface area contributed by atoms with Crippen molar-refractivity contribution in [1.29, 1.82) is 0 Å². The minimum atomic E-state index is 0. The van der Waals surface area contributed by atoms with Gasteiger partial charge < -0.3 is 15.5 Å². The van der Waals surface area contributed by atoms with Gasteiger partial charge in [-0.2, -0.15) is 11.8 Å². The summed E-state index contributed by atoms with van der Waals surface area (Å²) < 4.78 is 0.235. The summed E-state index contributed by atoms with van der Waals surface area (Å²) in [4.78, 5) is 6.87. The molecule has 0 spiro atoms. The van der Waals surface area contributed by atoms with Crippen molar-refractivity contribution in [3.05, 3.63) is 0 Å². The van der Waals surface area contributed by atoms with E-state index in [2.05, 4.69) is 47.6 Å². The van der Waals surface area contributed by atoms with E-state index in [0.29, 0.717) is 5.92 Å². The van der Waals surface area contributed by atoms with Crippen LogP contribution in [0.3, 0.4) is 0 Å². The molecule has 4 nitrogen and oxygen atoms in total. The zero-order chi connectivity index (χ0) is 15.0. The van der Waals surface area contributed by atoms with Crippen molar-refractivity contribution >= 4 is 41.7 Å². The third-order valence-electron chi connectivity index (χ3n) is 3.84. The van der Waals surface area contributed by atoms with Crippen LogP contribution in [0.4, 0.5) is 0 Å². The van der Waals surface area contributed by atoms with Crippen molar-refractivity contribution in [2.75, 3.05) is 46.0 Å². The maximum atomic E-state index is 4.30. The summed E-state index contributed by atoms with van der Waals surface area (Å²) in [5, 5.41) is 6.86.